The summed E-state index contributed by atoms with van der Waals surface area (Å²) >= 11 is 5.78. The number of hydrogen-bond acceptors (Lipinski definition) is 3. The summed E-state index contributed by atoms with van der Waals surface area (Å²) in [5.41, 5.74) is 1.22. The Hall–Kier alpha value is -1.16. The highest BCUT2D eigenvalue weighted by atomic mass is 35.5. The summed E-state index contributed by atoms with van der Waals surface area (Å²) < 4.78 is 0. The Kier molecular flexibility index (Phi) is 4.90. The molecular formula is C18H26ClN3O. The molecule has 1 saturated carbocycles. The molecule has 0 N–H and O–H groups in total. The SMILES string of the molecule is CC1(C)CC(CCc2cnc(Cl)cn2)CCC1N1CCCC1=O. The van der Waals surface area contributed by atoms with Crippen molar-refractivity contribution in [2.24, 2.45) is 11.3 Å². The molecule has 1 saturated heterocycles. The van der Waals surface area contributed by atoms with Gasteiger partial charge in [0.2, 0.25) is 5.91 Å². The second kappa shape index (κ2) is 6.76. The van der Waals surface area contributed by atoms with Crippen LogP contribution in [0.4, 0.5) is 0 Å². The van der Waals surface area contributed by atoms with E-state index >= 15 is 0 Å². The van der Waals surface area contributed by atoms with Gasteiger partial charge in [0.15, 0.2) is 0 Å². The van der Waals surface area contributed by atoms with E-state index in [1.54, 1.807) is 12.4 Å². The molecule has 2 unspecified atom stereocenters. The number of carbonyl (C=O) groups excluding carboxylic acids is 1. The smallest absolute Gasteiger partial charge is 0.222 e. The third-order valence-corrected chi connectivity index (χ3v) is 5.73. The highest BCUT2D eigenvalue weighted by Gasteiger charge is 2.42. The van der Waals surface area contributed by atoms with E-state index in [9.17, 15) is 4.79 Å². The normalized spacial score (nSPS) is 27.4. The highest BCUT2D eigenvalue weighted by Crippen LogP contribution is 2.44. The molecule has 1 aromatic heterocycles. The predicted molar refractivity (Wildman–Crippen MR) is 91.2 cm³/mol. The Morgan fingerprint density at radius 3 is 2.74 bits per heavy atom. The maximum absolute atomic E-state index is 12.1. The second-order valence-corrected chi connectivity index (χ2v) is 8.10. The first-order valence-electron chi connectivity index (χ1n) is 8.71. The molecule has 3 rings (SSSR count). The van der Waals surface area contributed by atoms with Gasteiger partial charge in [-0.15, -0.1) is 0 Å². The van der Waals surface area contributed by atoms with Gasteiger partial charge in [-0.2, -0.15) is 0 Å². The first-order valence-corrected chi connectivity index (χ1v) is 9.09. The van der Waals surface area contributed by atoms with Crippen LogP contribution >= 0.6 is 11.6 Å². The number of halogens is 1. The minimum absolute atomic E-state index is 0.203. The van der Waals surface area contributed by atoms with Gasteiger partial charge >= 0.3 is 0 Å². The Morgan fingerprint density at radius 2 is 2.13 bits per heavy atom. The molecule has 0 radical (unpaired) electrons. The molecule has 2 heterocycles. The number of amides is 1. The molecule has 1 aliphatic heterocycles. The number of nitrogens with zero attached hydrogens (tertiary/aromatic N) is 3. The van der Waals surface area contributed by atoms with E-state index in [1.165, 1.54) is 12.8 Å². The van der Waals surface area contributed by atoms with E-state index in [4.69, 9.17) is 11.6 Å². The van der Waals surface area contributed by atoms with Crippen molar-refractivity contribution in [1.29, 1.82) is 0 Å². The fourth-order valence-electron chi connectivity index (χ4n) is 4.41. The van der Waals surface area contributed by atoms with E-state index in [0.717, 1.165) is 44.3 Å². The average Bonchev–Trinajstić information content (AvgIpc) is 2.92. The van der Waals surface area contributed by atoms with Gasteiger partial charge in [-0.25, -0.2) is 4.98 Å². The molecule has 4 nitrogen and oxygen atoms in total. The molecule has 1 aliphatic carbocycles. The van der Waals surface area contributed by atoms with Crippen molar-refractivity contribution >= 4 is 17.5 Å². The van der Waals surface area contributed by atoms with Crippen LogP contribution in [0.15, 0.2) is 12.4 Å². The summed E-state index contributed by atoms with van der Waals surface area (Å²) in [5, 5.41) is 0.450. The second-order valence-electron chi connectivity index (χ2n) is 7.71. The molecule has 0 aromatic carbocycles. The lowest BCUT2D eigenvalue weighted by Gasteiger charge is -2.46. The van der Waals surface area contributed by atoms with Crippen molar-refractivity contribution in [3.05, 3.63) is 23.2 Å². The van der Waals surface area contributed by atoms with Gasteiger partial charge in [0.05, 0.1) is 18.1 Å². The first-order chi connectivity index (χ1) is 11.0. The molecule has 126 valence electrons. The van der Waals surface area contributed by atoms with Crippen molar-refractivity contribution < 1.29 is 4.79 Å². The van der Waals surface area contributed by atoms with E-state index in [1.807, 2.05) is 0 Å². The zero-order valence-electron chi connectivity index (χ0n) is 14.1. The van der Waals surface area contributed by atoms with Crippen LogP contribution in [0.2, 0.25) is 5.15 Å². The number of likely N-dealkylation sites (tertiary alicyclic amines) is 1. The number of aryl methyl sites for hydroxylation is 1. The van der Waals surface area contributed by atoms with Gasteiger partial charge in [0.25, 0.3) is 0 Å². The van der Waals surface area contributed by atoms with Crippen LogP contribution in [0.1, 0.15) is 58.1 Å². The van der Waals surface area contributed by atoms with Crippen LogP contribution in [0, 0.1) is 11.3 Å². The van der Waals surface area contributed by atoms with Crippen LogP contribution in [-0.4, -0.2) is 33.4 Å². The van der Waals surface area contributed by atoms with E-state index in [2.05, 4.69) is 28.7 Å². The average molecular weight is 336 g/mol. The van der Waals surface area contributed by atoms with Crippen LogP contribution < -0.4 is 0 Å². The van der Waals surface area contributed by atoms with Crippen LogP contribution in [0.5, 0.6) is 0 Å². The third kappa shape index (κ3) is 3.85. The standard InChI is InChI=1S/C18H26ClN3O/c1-18(2)10-13(5-7-14-11-21-16(19)12-20-14)6-8-15(18)22-9-3-4-17(22)23/h11-13,15H,3-10H2,1-2H3. The number of rotatable bonds is 4. The quantitative estimate of drug-likeness (QED) is 0.838. The molecule has 0 spiro atoms. The molecule has 1 aromatic rings. The molecule has 23 heavy (non-hydrogen) atoms. The fourth-order valence-corrected chi connectivity index (χ4v) is 4.51. The highest BCUT2D eigenvalue weighted by molar-refractivity contribution is 6.29. The zero-order valence-corrected chi connectivity index (χ0v) is 14.9. The molecule has 0 bridgehead atoms. The Bertz CT molecular complexity index is 558. The number of aromatic nitrogens is 2. The van der Waals surface area contributed by atoms with Crippen molar-refractivity contribution in [1.82, 2.24) is 14.9 Å². The molecule has 2 fully saturated rings. The van der Waals surface area contributed by atoms with E-state index in [-0.39, 0.29) is 5.41 Å². The molecule has 2 atom stereocenters. The van der Waals surface area contributed by atoms with Gasteiger partial charge < -0.3 is 4.90 Å². The van der Waals surface area contributed by atoms with Crippen molar-refractivity contribution in [3.8, 4) is 0 Å². The zero-order chi connectivity index (χ0) is 16.4. The number of hydrogen-bond donors (Lipinski definition) is 0. The molecule has 5 heteroatoms. The maximum Gasteiger partial charge on any atom is 0.222 e. The summed E-state index contributed by atoms with van der Waals surface area (Å²) in [5.74, 6) is 1.06. The molecule has 1 amide bonds. The van der Waals surface area contributed by atoms with E-state index < -0.39 is 0 Å². The monoisotopic (exact) mass is 335 g/mol. The summed E-state index contributed by atoms with van der Waals surface area (Å²) in [7, 11) is 0. The lowest BCUT2D eigenvalue weighted by molar-refractivity contribution is -0.133. The molecular weight excluding hydrogens is 310 g/mol. The van der Waals surface area contributed by atoms with Gasteiger partial charge in [-0.1, -0.05) is 25.4 Å². The summed E-state index contributed by atoms with van der Waals surface area (Å²) in [6.07, 6.45) is 10.8. The largest absolute Gasteiger partial charge is 0.339 e. The summed E-state index contributed by atoms with van der Waals surface area (Å²) in [6.45, 7) is 5.62. The van der Waals surface area contributed by atoms with Gasteiger partial charge in [-0.3, -0.25) is 9.78 Å². The lowest BCUT2D eigenvalue weighted by atomic mass is 9.67. The van der Waals surface area contributed by atoms with Crippen LogP contribution in [-0.2, 0) is 11.2 Å². The Labute approximate surface area is 143 Å². The summed E-state index contributed by atoms with van der Waals surface area (Å²) in [6, 6.07) is 0.420. The minimum atomic E-state index is 0.203. The Balaban J connectivity index is 1.56. The topological polar surface area (TPSA) is 46.1 Å². The van der Waals surface area contributed by atoms with Crippen molar-refractivity contribution in [2.45, 2.75) is 64.8 Å². The third-order valence-electron chi connectivity index (χ3n) is 5.53. The van der Waals surface area contributed by atoms with E-state index in [0.29, 0.717) is 23.0 Å². The van der Waals surface area contributed by atoms with Gasteiger partial charge in [0.1, 0.15) is 5.15 Å². The van der Waals surface area contributed by atoms with Gasteiger partial charge in [0, 0.05) is 19.0 Å². The van der Waals surface area contributed by atoms with Crippen molar-refractivity contribution in [3.63, 3.8) is 0 Å². The maximum atomic E-state index is 12.1. The predicted octanol–water partition coefficient (Wildman–Crippen LogP) is 3.88. The lowest BCUT2D eigenvalue weighted by Crippen LogP contribution is -2.49. The fraction of sp³-hybridized carbons (Fsp3) is 0.722. The van der Waals surface area contributed by atoms with Gasteiger partial charge in [-0.05, 0) is 49.9 Å². The molecule has 2 aliphatic rings. The minimum Gasteiger partial charge on any atom is -0.339 e. The van der Waals surface area contributed by atoms with Crippen LogP contribution in [0.3, 0.4) is 0 Å². The first kappa shape index (κ1) is 16.7. The van der Waals surface area contributed by atoms with Crippen LogP contribution in [0.25, 0.3) is 0 Å². The summed E-state index contributed by atoms with van der Waals surface area (Å²) in [4.78, 5) is 22.7. The Morgan fingerprint density at radius 1 is 1.30 bits per heavy atom. The van der Waals surface area contributed by atoms with Crippen molar-refractivity contribution in [2.75, 3.05) is 6.54 Å². The number of carbonyl (C=O) groups is 1.